The smallest absolute Gasteiger partial charge is 0.309 e. The van der Waals surface area contributed by atoms with Gasteiger partial charge >= 0.3 is 11.9 Å². The average molecular weight is 362 g/mol. The Morgan fingerprint density at radius 3 is 2.42 bits per heavy atom. The van der Waals surface area contributed by atoms with E-state index in [4.69, 9.17) is 9.47 Å². The predicted octanol–water partition coefficient (Wildman–Crippen LogP) is 3.05. The van der Waals surface area contributed by atoms with E-state index in [2.05, 4.69) is 24.1 Å². The molecule has 2 rings (SSSR count). The molecule has 0 bridgehead atoms. The summed E-state index contributed by atoms with van der Waals surface area (Å²) >= 11 is 0. The number of amides is 1. The lowest BCUT2D eigenvalue weighted by atomic mass is 9.94. The molecule has 0 spiro atoms. The van der Waals surface area contributed by atoms with Crippen LogP contribution < -0.4 is 10.1 Å². The molecule has 1 saturated carbocycles. The number of hydrogen-bond acceptors (Lipinski definition) is 6. The van der Waals surface area contributed by atoms with Gasteiger partial charge in [0.2, 0.25) is 11.8 Å². The van der Waals surface area contributed by atoms with E-state index in [0.717, 1.165) is 12.8 Å². The van der Waals surface area contributed by atoms with E-state index in [0.29, 0.717) is 17.3 Å². The van der Waals surface area contributed by atoms with E-state index < -0.39 is 5.97 Å². The van der Waals surface area contributed by atoms with Crippen molar-refractivity contribution in [3.63, 3.8) is 0 Å². The molecule has 1 N–H and O–H groups in total. The monoisotopic (exact) mass is 362 g/mol. The summed E-state index contributed by atoms with van der Waals surface area (Å²) in [7, 11) is 0. The van der Waals surface area contributed by atoms with Crippen molar-refractivity contribution < 1.29 is 23.9 Å². The van der Waals surface area contributed by atoms with E-state index in [-0.39, 0.29) is 35.7 Å². The average Bonchev–Trinajstić information content (AvgIpc) is 2.82. The number of esters is 2. The van der Waals surface area contributed by atoms with Crippen LogP contribution in [0, 0.1) is 11.8 Å². The van der Waals surface area contributed by atoms with Gasteiger partial charge in [-0.3, -0.25) is 14.4 Å². The summed E-state index contributed by atoms with van der Waals surface area (Å²) in [6.45, 7) is 8.26. The normalized spacial score (nSPS) is 24.8. The highest BCUT2D eigenvalue weighted by Crippen LogP contribution is 2.47. The van der Waals surface area contributed by atoms with E-state index in [9.17, 15) is 14.4 Å². The topological polar surface area (TPSA) is 94.6 Å². The first-order chi connectivity index (χ1) is 12.2. The minimum atomic E-state index is -0.499. The van der Waals surface area contributed by atoms with E-state index >= 15 is 0 Å². The fraction of sp³-hybridized carbons (Fsp3) is 0.579. The minimum absolute atomic E-state index is 0.118. The maximum absolute atomic E-state index is 11.6. The fourth-order valence-corrected chi connectivity index (χ4v) is 3.73. The molecule has 4 atom stereocenters. The van der Waals surface area contributed by atoms with Gasteiger partial charge in [-0.1, -0.05) is 20.3 Å². The van der Waals surface area contributed by atoms with Gasteiger partial charge in [0.25, 0.3) is 0 Å². The Labute approximate surface area is 153 Å². The van der Waals surface area contributed by atoms with Crippen molar-refractivity contribution in [2.24, 2.45) is 11.8 Å². The van der Waals surface area contributed by atoms with Gasteiger partial charge in [0.05, 0.1) is 0 Å². The number of carbonyl (C=O) groups excluding carboxylic acids is 3. The van der Waals surface area contributed by atoms with Crippen LogP contribution in [-0.2, 0) is 19.1 Å². The highest BCUT2D eigenvalue weighted by atomic mass is 16.5. The summed E-state index contributed by atoms with van der Waals surface area (Å²) in [6.07, 6.45) is 1.47. The molecule has 1 unspecified atom stereocenters. The lowest BCUT2D eigenvalue weighted by Gasteiger charge is -2.24. The number of ether oxygens (including phenoxy) is 2. The van der Waals surface area contributed by atoms with Crippen molar-refractivity contribution in [3.05, 3.63) is 17.7 Å². The van der Waals surface area contributed by atoms with Crippen LogP contribution in [-0.4, -0.2) is 28.9 Å². The fourth-order valence-electron chi connectivity index (χ4n) is 3.73. The second kappa shape index (κ2) is 8.29. The van der Waals surface area contributed by atoms with Crippen LogP contribution >= 0.6 is 0 Å². The Kier molecular flexibility index (Phi) is 6.34. The minimum Gasteiger partial charge on any atom is -0.462 e. The molecule has 1 aromatic heterocycles. The highest BCUT2D eigenvalue weighted by molar-refractivity contribution is 5.87. The van der Waals surface area contributed by atoms with Crippen molar-refractivity contribution in [3.8, 4) is 5.88 Å². The zero-order valence-corrected chi connectivity index (χ0v) is 15.9. The van der Waals surface area contributed by atoms with Crippen molar-refractivity contribution >= 4 is 23.7 Å². The molecule has 1 amide bonds. The summed E-state index contributed by atoms with van der Waals surface area (Å²) < 4.78 is 10.9. The molecule has 1 aliphatic carbocycles. The first kappa shape index (κ1) is 19.9. The van der Waals surface area contributed by atoms with Crippen LogP contribution in [0.15, 0.2) is 12.1 Å². The first-order valence-electron chi connectivity index (χ1n) is 8.87. The zero-order chi connectivity index (χ0) is 19.4. The predicted molar refractivity (Wildman–Crippen MR) is 95.7 cm³/mol. The molecule has 7 nitrogen and oxygen atoms in total. The highest BCUT2D eigenvalue weighted by Gasteiger charge is 2.44. The standard InChI is InChI=1S/C19H26N2O5/c1-6-14-9-16(18(10(14)2)25-12(4)23)15-7-8-17(20-11(3)22)21-19(15)26-13(5)24/h7-8,10,14,16,18H,6,9H2,1-5H3,(H,20,21,22)/t10-,14+,16+,18?/m1/s1. The first-order valence-corrected chi connectivity index (χ1v) is 8.87. The zero-order valence-electron chi connectivity index (χ0n) is 15.9. The SMILES string of the molecule is CC[C@H]1C[C@@H](c2ccc(NC(C)=O)nc2OC(C)=O)C(OC(C)=O)[C@@H]1C. The second-order valence-corrected chi connectivity index (χ2v) is 6.81. The molecule has 0 saturated heterocycles. The number of anilines is 1. The van der Waals surface area contributed by atoms with Crippen LogP contribution in [0.1, 0.15) is 58.9 Å². The molecule has 142 valence electrons. The molecule has 7 heteroatoms. The van der Waals surface area contributed by atoms with Crippen molar-refractivity contribution in [1.29, 1.82) is 0 Å². The Morgan fingerprint density at radius 2 is 1.88 bits per heavy atom. The molecule has 0 aromatic carbocycles. The molecular weight excluding hydrogens is 336 g/mol. The summed E-state index contributed by atoms with van der Waals surface area (Å²) in [5.74, 6) is -0.182. The lowest BCUT2D eigenvalue weighted by Crippen LogP contribution is -2.26. The van der Waals surface area contributed by atoms with Crippen molar-refractivity contribution in [2.45, 2.75) is 59.5 Å². The number of aromatic nitrogens is 1. The molecule has 1 aromatic rings. The van der Waals surface area contributed by atoms with Gasteiger partial charge in [-0.05, 0) is 30.4 Å². The number of nitrogens with one attached hydrogen (secondary N) is 1. The molecule has 0 aliphatic heterocycles. The number of pyridine rings is 1. The van der Waals surface area contributed by atoms with Gasteiger partial charge < -0.3 is 14.8 Å². The molecule has 1 aliphatic rings. The van der Waals surface area contributed by atoms with Gasteiger partial charge in [-0.25, -0.2) is 0 Å². The third-order valence-corrected chi connectivity index (χ3v) is 4.88. The van der Waals surface area contributed by atoms with Crippen LogP contribution in [0.4, 0.5) is 5.82 Å². The van der Waals surface area contributed by atoms with Gasteiger partial charge in [0.1, 0.15) is 11.9 Å². The lowest BCUT2D eigenvalue weighted by molar-refractivity contribution is -0.149. The Morgan fingerprint density at radius 1 is 1.19 bits per heavy atom. The van der Waals surface area contributed by atoms with Crippen LogP contribution in [0.25, 0.3) is 0 Å². The van der Waals surface area contributed by atoms with Gasteiger partial charge in [0, 0.05) is 32.3 Å². The molecule has 26 heavy (non-hydrogen) atoms. The van der Waals surface area contributed by atoms with Gasteiger partial charge in [-0.15, -0.1) is 0 Å². The Balaban J connectivity index is 2.44. The van der Waals surface area contributed by atoms with E-state index in [1.54, 1.807) is 12.1 Å². The number of hydrogen-bond donors (Lipinski definition) is 1. The summed E-state index contributed by atoms with van der Waals surface area (Å²) in [5.41, 5.74) is 0.711. The maximum Gasteiger partial charge on any atom is 0.309 e. The molecular formula is C19H26N2O5. The van der Waals surface area contributed by atoms with Crippen molar-refractivity contribution in [1.82, 2.24) is 4.98 Å². The third kappa shape index (κ3) is 4.59. The van der Waals surface area contributed by atoms with Gasteiger partial charge in [-0.2, -0.15) is 4.98 Å². The second-order valence-electron chi connectivity index (χ2n) is 6.81. The molecule has 1 heterocycles. The van der Waals surface area contributed by atoms with Crippen LogP contribution in [0.5, 0.6) is 5.88 Å². The Bertz CT molecular complexity index is 703. The van der Waals surface area contributed by atoms with Crippen LogP contribution in [0.3, 0.4) is 0 Å². The number of carbonyl (C=O) groups is 3. The summed E-state index contributed by atoms with van der Waals surface area (Å²) in [4.78, 5) is 38.6. The third-order valence-electron chi connectivity index (χ3n) is 4.88. The number of nitrogens with zero attached hydrogens (tertiary/aromatic N) is 1. The largest absolute Gasteiger partial charge is 0.462 e. The van der Waals surface area contributed by atoms with Crippen molar-refractivity contribution in [2.75, 3.05) is 5.32 Å². The molecule has 0 radical (unpaired) electrons. The molecule has 1 fully saturated rings. The van der Waals surface area contributed by atoms with Crippen LogP contribution in [0.2, 0.25) is 0 Å². The van der Waals surface area contributed by atoms with Gasteiger partial charge in [0.15, 0.2) is 0 Å². The van der Waals surface area contributed by atoms with E-state index in [1.807, 2.05) is 0 Å². The summed E-state index contributed by atoms with van der Waals surface area (Å²) in [5, 5.41) is 2.58. The summed E-state index contributed by atoms with van der Waals surface area (Å²) in [6, 6.07) is 3.45. The Hall–Kier alpha value is -2.44. The quantitative estimate of drug-likeness (QED) is 0.809. The number of rotatable bonds is 5. The van der Waals surface area contributed by atoms with E-state index in [1.165, 1.54) is 20.8 Å². The maximum atomic E-state index is 11.6.